The number of carboxylic acids is 1. The summed E-state index contributed by atoms with van der Waals surface area (Å²) in [7, 11) is 0. The summed E-state index contributed by atoms with van der Waals surface area (Å²) in [5, 5.41) is 9.50. The lowest BCUT2D eigenvalue weighted by Crippen LogP contribution is -2.26. The highest BCUT2D eigenvalue weighted by atomic mass is 16.5. The minimum atomic E-state index is -1.17. The van der Waals surface area contributed by atoms with Crippen LogP contribution in [0.3, 0.4) is 0 Å². The van der Waals surface area contributed by atoms with E-state index in [4.69, 9.17) is 14.3 Å². The van der Waals surface area contributed by atoms with Crippen LogP contribution in [0.4, 0.5) is 0 Å². The Morgan fingerprint density at radius 1 is 1.08 bits per heavy atom. The van der Waals surface area contributed by atoms with Crippen molar-refractivity contribution in [2.24, 2.45) is 0 Å². The SMILES string of the molecule is Cc1ccc(-c2oc3ccc(C)cc3c(=O)c2O[C@@H](C)C(=O)O)cc1. The summed E-state index contributed by atoms with van der Waals surface area (Å²) in [5.74, 6) is -1.01. The van der Waals surface area contributed by atoms with Gasteiger partial charge in [-0.25, -0.2) is 4.79 Å². The number of hydrogen-bond donors (Lipinski definition) is 1. The number of benzene rings is 2. The number of carbonyl (C=O) groups is 1. The van der Waals surface area contributed by atoms with E-state index in [0.717, 1.165) is 11.1 Å². The van der Waals surface area contributed by atoms with E-state index in [1.165, 1.54) is 6.92 Å². The largest absolute Gasteiger partial charge is 0.479 e. The molecular formula is C20H18O5. The Morgan fingerprint density at radius 2 is 1.72 bits per heavy atom. The van der Waals surface area contributed by atoms with Gasteiger partial charge in [-0.15, -0.1) is 0 Å². The van der Waals surface area contributed by atoms with Gasteiger partial charge in [-0.2, -0.15) is 0 Å². The zero-order valence-electron chi connectivity index (χ0n) is 14.2. The van der Waals surface area contributed by atoms with Crippen molar-refractivity contribution in [3.63, 3.8) is 0 Å². The van der Waals surface area contributed by atoms with Crippen molar-refractivity contribution in [2.45, 2.75) is 26.9 Å². The van der Waals surface area contributed by atoms with E-state index in [2.05, 4.69) is 0 Å². The van der Waals surface area contributed by atoms with Gasteiger partial charge in [0.25, 0.3) is 0 Å². The molecule has 5 heteroatoms. The molecule has 1 atom stereocenters. The van der Waals surface area contributed by atoms with Crippen LogP contribution in [0.25, 0.3) is 22.3 Å². The Balaban J connectivity index is 2.29. The maximum absolute atomic E-state index is 12.9. The molecule has 3 rings (SSSR count). The third-order valence-electron chi connectivity index (χ3n) is 3.96. The second kappa shape index (κ2) is 6.43. The molecule has 128 valence electrons. The van der Waals surface area contributed by atoms with Crippen LogP contribution >= 0.6 is 0 Å². The summed E-state index contributed by atoms with van der Waals surface area (Å²) in [6.07, 6.45) is -1.17. The molecule has 1 heterocycles. The van der Waals surface area contributed by atoms with E-state index in [1.807, 2.05) is 44.2 Å². The molecule has 0 bridgehead atoms. The molecule has 25 heavy (non-hydrogen) atoms. The number of aliphatic carboxylic acids is 1. The summed E-state index contributed by atoms with van der Waals surface area (Å²) < 4.78 is 11.4. The van der Waals surface area contributed by atoms with E-state index < -0.39 is 12.1 Å². The minimum absolute atomic E-state index is 0.0862. The fraction of sp³-hybridized carbons (Fsp3) is 0.200. The Hall–Kier alpha value is -3.08. The van der Waals surface area contributed by atoms with Gasteiger partial charge in [0.15, 0.2) is 11.9 Å². The lowest BCUT2D eigenvalue weighted by Gasteiger charge is -2.14. The van der Waals surface area contributed by atoms with Crippen molar-refractivity contribution in [1.82, 2.24) is 0 Å². The molecular weight excluding hydrogens is 320 g/mol. The van der Waals surface area contributed by atoms with Crippen LogP contribution in [0.5, 0.6) is 5.75 Å². The van der Waals surface area contributed by atoms with Crippen LogP contribution < -0.4 is 10.2 Å². The van der Waals surface area contributed by atoms with Crippen molar-refractivity contribution in [1.29, 1.82) is 0 Å². The molecule has 0 saturated carbocycles. The molecule has 1 aromatic heterocycles. The first kappa shape index (κ1) is 16.8. The zero-order valence-corrected chi connectivity index (χ0v) is 14.2. The molecule has 0 radical (unpaired) electrons. The predicted molar refractivity (Wildman–Crippen MR) is 95.1 cm³/mol. The smallest absolute Gasteiger partial charge is 0.344 e. The van der Waals surface area contributed by atoms with Crippen LogP contribution in [0.1, 0.15) is 18.1 Å². The zero-order chi connectivity index (χ0) is 18.1. The van der Waals surface area contributed by atoms with Gasteiger partial charge in [0.05, 0.1) is 5.39 Å². The number of carboxylic acid groups (broad SMARTS) is 1. The van der Waals surface area contributed by atoms with Crippen molar-refractivity contribution < 1.29 is 19.1 Å². The monoisotopic (exact) mass is 338 g/mol. The molecule has 3 aromatic rings. The van der Waals surface area contributed by atoms with Crippen LogP contribution in [-0.2, 0) is 4.79 Å². The highest BCUT2D eigenvalue weighted by molar-refractivity contribution is 5.83. The predicted octanol–water partition coefficient (Wildman–Crippen LogP) is 3.93. The molecule has 0 spiro atoms. The second-order valence-corrected chi connectivity index (χ2v) is 6.05. The minimum Gasteiger partial charge on any atom is -0.479 e. The third-order valence-corrected chi connectivity index (χ3v) is 3.96. The number of ether oxygens (including phenoxy) is 1. The van der Waals surface area contributed by atoms with E-state index in [-0.39, 0.29) is 16.9 Å². The average Bonchev–Trinajstić information content (AvgIpc) is 2.58. The standard InChI is InChI=1S/C20H18O5/c1-11-4-7-14(8-5-11)18-19(24-13(3)20(22)23)17(21)15-10-12(2)6-9-16(15)25-18/h4-10,13H,1-3H3,(H,22,23)/t13-/m0/s1. The van der Waals surface area contributed by atoms with Crippen molar-refractivity contribution >= 4 is 16.9 Å². The fourth-order valence-electron chi connectivity index (χ4n) is 2.52. The normalized spacial score (nSPS) is 12.1. The Labute approximate surface area is 144 Å². The van der Waals surface area contributed by atoms with Crippen LogP contribution in [-0.4, -0.2) is 17.2 Å². The Kier molecular flexibility index (Phi) is 4.31. The van der Waals surface area contributed by atoms with E-state index >= 15 is 0 Å². The first-order chi connectivity index (χ1) is 11.9. The molecule has 0 aliphatic rings. The summed E-state index contributed by atoms with van der Waals surface area (Å²) in [4.78, 5) is 24.1. The number of rotatable bonds is 4. The highest BCUT2D eigenvalue weighted by Gasteiger charge is 2.22. The van der Waals surface area contributed by atoms with Crippen LogP contribution in [0.2, 0.25) is 0 Å². The van der Waals surface area contributed by atoms with Crippen LogP contribution in [0.15, 0.2) is 51.7 Å². The van der Waals surface area contributed by atoms with Gasteiger partial charge in [-0.05, 0) is 32.9 Å². The van der Waals surface area contributed by atoms with Crippen molar-refractivity contribution in [2.75, 3.05) is 0 Å². The maximum atomic E-state index is 12.9. The molecule has 2 aromatic carbocycles. The number of hydrogen-bond acceptors (Lipinski definition) is 4. The van der Waals surface area contributed by atoms with E-state index in [1.54, 1.807) is 12.1 Å². The molecule has 1 N–H and O–H groups in total. The lowest BCUT2D eigenvalue weighted by atomic mass is 10.1. The van der Waals surface area contributed by atoms with Gasteiger partial charge in [0.2, 0.25) is 11.2 Å². The number of fused-ring (bicyclic) bond motifs is 1. The molecule has 0 saturated heterocycles. The van der Waals surface area contributed by atoms with Gasteiger partial charge in [0.1, 0.15) is 5.58 Å². The quantitative estimate of drug-likeness (QED) is 0.780. The molecule has 0 fully saturated rings. The molecule has 0 aliphatic heterocycles. The highest BCUT2D eigenvalue weighted by Crippen LogP contribution is 2.32. The van der Waals surface area contributed by atoms with Gasteiger partial charge < -0.3 is 14.3 Å². The fourth-order valence-corrected chi connectivity index (χ4v) is 2.52. The Morgan fingerprint density at radius 3 is 2.36 bits per heavy atom. The molecule has 0 aliphatic carbocycles. The first-order valence-electron chi connectivity index (χ1n) is 7.91. The molecule has 5 nitrogen and oxygen atoms in total. The van der Waals surface area contributed by atoms with E-state index in [0.29, 0.717) is 16.5 Å². The third kappa shape index (κ3) is 3.26. The van der Waals surface area contributed by atoms with Gasteiger partial charge >= 0.3 is 5.97 Å². The van der Waals surface area contributed by atoms with Crippen molar-refractivity contribution in [3.05, 3.63) is 63.8 Å². The van der Waals surface area contributed by atoms with Gasteiger partial charge in [-0.3, -0.25) is 4.79 Å². The summed E-state index contributed by atoms with van der Waals surface area (Å²) >= 11 is 0. The maximum Gasteiger partial charge on any atom is 0.344 e. The first-order valence-corrected chi connectivity index (χ1v) is 7.91. The Bertz CT molecular complexity index is 999. The van der Waals surface area contributed by atoms with Crippen LogP contribution in [0, 0.1) is 13.8 Å². The lowest BCUT2D eigenvalue weighted by molar-refractivity contribution is -0.144. The number of aryl methyl sites for hydroxylation is 2. The van der Waals surface area contributed by atoms with Crippen molar-refractivity contribution in [3.8, 4) is 17.1 Å². The second-order valence-electron chi connectivity index (χ2n) is 6.05. The topological polar surface area (TPSA) is 76.7 Å². The molecule has 0 unspecified atom stereocenters. The average molecular weight is 338 g/mol. The van der Waals surface area contributed by atoms with Gasteiger partial charge in [0, 0.05) is 5.56 Å². The summed E-state index contributed by atoms with van der Waals surface area (Å²) in [6.45, 7) is 5.20. The summed E-state index contributed by atoms with van der Waals surface area (Å²) in [5.41, 5.74) is 2.66. The van der Waals surface area contributed by atoms with E-state index in [9.17, 15) is 9.59 Å². The van der Waals surface area contributed by atoms with Gasteiger partial charge in [-0.1, -0.05) is 41.5 Å². The molecule has 0 amide bonds. The summed E-state index contributed by atoms with van der Waals surface area (Å²) in [6, 6.07) is 12.7.